The number of pyridine rings is 1. The van der Waals surface area contributed by atoms with Crippen molar-refractivity contribution in [1.29, 1.82) is 0 Å². The van der Waals surface area contributed by atoms with Crippen LogP contribution in [0.5, 0.6) is 0 Å². The Kier molecular flexibility index (Phi) is 6.01. The molecule has 25 heavy (non-hydrogen) atoms. The third-order valence-corrected chi connectivity index (χ3v) is 4.63. The lowest BCUT2D eigenvalue weighted by atomic mass is 9.89. The monoisotopic (exact) mass is 339 g/mol. The Hall–Kier alpha value is -2.40. The van der Waals surface area contributed by atoms with E-state index in [1.165, 1.54) is 5.56 Å². The van der Waals surface area contributed by atoms with Gasteiger partial charge in [-0.25, -0.2) is 4.79 Å². The smallest absolute Gasteiger partial charge is 0.315 e. The minimum Gasteiger partial charge on any atom is -0.373 e. The summed E-state index contributed by atoms with van der Waals surface area (Å²) in [5, 5.41) is 5.96. The lowest BCUT2D eigenvalue weighted by Crippen LogP contribution is -2.41. The summed E-state index contributed by atoms with van der Waals surface area (Å²) in [6, 6.07) is 13.8. The number of urea groups is 1. The van der Waals surface area contributed by atoms with Gasteiger partial charge in [0.15, 0.2) is 0 Å². The lowest BCUT2D eigenvalue weighted by Gasteiger charge is -2.32. The number of benzene rings is 1. The van der Waals surface area contributed by atoms with Gasteiger partial charge in [-0.1, -0.05) is 36.4 Å². The second-order valence-electron chi connectivity index (χ2n) is 6.47. The predicted molar refractivity (Wildman–Crippen MR) is 97.0 cm³/mol. The van der Waals surface area contributed by atoms with Crippen LogP contribution >= 0.6 is 0 Å². The zero-order chi connectivity index (χ0) is 17.5. The first kappa shape index (κ1) is 17.4. The number of hydrogen-bond donors (Lipinski definition) is 2. The molecular weight excluding hydrogens is 314 g/mol. The Morgan fingerprint density at radius 1 is 1.28 bits per heavy atom. The zero-order valence-electron chi connectivity index (χ0n) is 14.5. The molecule has 0 unspecified atom stereocenters. The van der Waals surface area contributed by atoms with Crippen LogP contribution in [-0.2, 0) is 4.74 Å². The van der Waals surface area contributed by atoms with Gasteiger partial charge >= 0.3 is 6.03 Å². The van der Waals surface area contributed by atoms with Crippen LogP contribution in [0.1, 0.15) is 43.0 Å². The van der Waals surface area contributed by atoms with Gasteiger partial charge in [-0.3, -0.25) is 4.98 Å². The van der Waals surface area contributed by atoms with Gasteiger partial charge in [-0.15, -0.1) is 0 Å². The molecule has 2 N–H and O–H groups in total. The number of hydrogen-bond acceptors (Lipinski definition) is 3. The van der Waals surface area contributed by atoms with E-state index in [9.17, 15) is 4.79 Å². The van der Waals surface area contributed by atoms with Crippen LogP contribution < -0.4 is 10.6 Å². The Balaban J connectivity index is 1.53. The summed E-state index contributed by atoms with van der Waals surface area (Å²) in [6.07, 6.45) is 5.63. The highest BCUT2D eigenvalue weighted by Crippen LogP contribution is 2.33. The summed E-state index contributed by atoms with van der Waals surface area (Å²) in [4.78, 5) is 16.3. The maximum absolute atomic E-state index is 12.2. The summed E-state index contributed by atoms with van der Waals surface area (Å²) in [5.41, 5.74) is 2.17. The van der Waals surface area contributed by atoms with Gasteiger partial charge in [0.1, 0.15) is 0 Å². The van der Waals surface area contributed by atoms with Crippen molar-refractivity contribution in [2.75, 3.05) is 13.2 Å². The third kappa shape index (κ3) is 4.79. The number of carbonyl (C=O) groups excluding carboxylic acids is 1. The van der Waals surface area contributed by atoms with E-state index in [0.717, 1.165) is 25.0 Å². The van der Waals surface area contributed by atoms with Crippen molar-refractivity contribution < 1.29 is 9.53 Å². The molecule has 132 valence electrons. The van der Waals surface area contributed by atoms with E-state index in [2.05, 4.69) is 27.8 Å². The second-order valence-corrected chi connectivity index (χ2v) is 6.47. The van der Waals surface area contributed by atoms with Crippen molar-refractivity contribution in [3.8, 4) is 0 Å². The largest absolute Gasteiger partial charge is 0.373 e. The Morgan fingerprint density at radius 3 is 2.88 bits per heavy atom. The van der Waals surface area contributed by atoms with Crippen molar-refractivity contribution in [2.45, 2.75) is 31.9 Å². The highest BCUT2D eigenvalue weighted by molar-refractivity contribution is 5.74. The molecule has 2 aromatic rings. The van der Waals surface area contributed by atoms with E-state index in [-0.39, 0.29) is 24.1 Å². The standard InChI is InChI=1S/C20H25N3O2/c1-15(17-9-5-11-21-13-17)23-20(24)22-14-18-10-6-12-25-19(18)16-7-3-2-4-8-16/h2-5,7-9,11,13,15,18-19H,6,10,12,14H2,1H3,(H2,22,23,24)/t15-,18-,19+/m0/s1. The average molecular weight is 339 g/mol. The molecule has 2 heterocycles. The number of aromatic nitrogens is 1. The fourth-order valence-electron chi connectivity index (χ4n) is 3.25. The van der Waals surface area contributed by atoms with E-state index in [4.69, 9.17) is 4.74 Å². The topological polar surface area (TPSA) is 63.2 Å². The van der Waals surface area contributed by atoms with Gasteiger partial charge in [0.05, 0.1) is 12.1 Å². The van der Waals surface area contributed by atoms with Gasteiger partial charge < -0.3 is 15.4 Å². The fraction of sp³-hybridized carbons (Fsp3) is 0.400. The zero-order valence-corrected chi connectivity index (χ0v) is 14.5. The number of amides is 2. The minimum absolute atomic E-state index is 0.0472. The molecule has 5 heteroatoms. The normalized spacial score (nSPS) is 21.3. The van der Waals surface area contributed by atoms with Gasteiger partial charge in [0.2, 0.25) is 0 Å². The molecule has 1 aliphatic heterocycles. The molecule has 1 aliphatic rings. The average Bonchev–Trinajstić information content (AvgIpc) is 2.68. The van der Waals surface area contributed by atoms with E-state index >= 15 is 0 Å². The quantitative estimate of drug-likeness (QED) is 0.875. The predicted octanol–water partition coefficient (Wildman–Crippen LogP) is 3.61. The number of nitrogens with one attached hydrogen (secondary N) is 2. The summed E-state index contributed by atoms with van der Waals surface area (Å²) >= 11 is 0. The van der Waals surface area contributed by atoms with Crippen molar-refractivity contribution in [1.82, 2.24) is 15.6 Å². The minimum atomic E-state index is -0.159. The highest BCUT2D eigenvalue weighted by atomic mass is 16.5. The van der Waals surface area contributed by atoms with E-state index < -0.39 is 0 Å². The van der Waals surface area contributed by atoms with Crippen molar-refractivity contribution in [3.05, 3.63) is 66.0 Å². The molecule has 3 rings (SSSR count). The molecule has 0 saturated carbocycles. The summed E-state index contributed by atoms with van der Waals surface area (Å²) in [5.74, 6) is 0.288. The van der Waals surface area contributed by atoms with Gasteiger partial charge in [-0.2, -0.15) is 0 Å². The molecule has 5 nitrogen and oxygen atoms in total. The first-order chi connectivity index (χ1) is 12.2. The van der Waals surface area contributed by atoms with Crippen molar-refractivity contribution in [2.24, 2.45) is 5.92 Å². The van der Waals surface area contributed by atoms with Crippen LogP contribution in [0, 0.1) is 5.92 Å². The molecule has 0 radical (unpaired) electrons. The van der Waals surface area contributed by atoms with Crippen LogP contribution in [0.15, 0.2) is 54.9 Å². The first-order valence-electron chi connectivity index (χ1n) is 8.85. The molecule has 0 bridgehead atoms. The Morgan fingerprint density at radius 2 is 2.12 bits per heavy atom. The van der Waals surface area contributed by atoms with Crippen LogP contribution in [0.4, 0.5) is 4.79 Å². The molecular formula is C20H25N3O2. The van der Waals surface area contributed by atoms with Gasteiger partial charge in [0.25, 0.3) is 0 Å². The van der Waals surface area contributed by atoms with Gasteiger partial charge in [-0.05, 0) is 37.0 Å². The van der Waals surface area contributed by atoms with Crippen LogP contribution in [0.25, 0.3) is 0 Å². The number of nitrogens with zero attached hydrogens (tertiary/aromatic N) is 1. The molecule has 1 fully saturated rings. The molecule has 1 aromatic carbocycles. The number of rotatable bonds is 5. The van der Waals surface area contributed by atoms with E-state index in [0.29, 0.717) is 6.54 Å². The molecule has 1 saturated heterocycles. The maximum atomic E-state index is 12.2. The number of ether oxygens (including phenoxy) is 1. The maximum Gasteiger partial charge on any atom is 0.315 e. The van der Waals surface area contributed by atoms with Crippen LogP contribution in [0.3, 0.4) is 0 Å². The third-order valence-electron chi connectivity index (χ3n) is 4.63. The van der Waals surface area contributed by atoms with E-state index in [1.54, 1.807) is 12.4 Å². The molecule has 3 atom stereocenters. The summed E-state index contributed by atoms with van der Waals surface area (Å²) < 4.78 is 5.98. The summed E-state index contributed by atoms with van der Waals surface area (Å²) in [7, 11) is 0. The van der Waals surface area contributed by atoms with Crippen LogP contribution in [0.2, 0.25) is 0 Å². The SMILES string of the molecule is C[C@H](NC(=O)NC[C@@H]1CCCO[C@@H]1c1ccccc1)c1cccnc1. The molecule has 1 aromatic heterocycles. The van der Waals surface area contributed by atoms with Gasteiger partial charge in [0, 0.05) is 31.5 Å². The van der Waals surface area contributed by atoms with E-state index in [1.807, 2.05) is 37.3 Å². The molecule has 0 aliphatic carbocycles. The molecule has 2 amide bonds. The molecule has 0 spiro atoms. The van der Waals surface area contributed by atoms with Crippen molar-refractivity contribution >= 4 is 6.03 Å². The van der Waals surface area contributed by atoms with Crippen molar-refractivity contribution in [3.63, 3.8) is 0 Å². The Bertz CT molecular complexity index is 663. The number of carbonyl (C=O) groups is 1. The first-order valence-corrected chi connectivity index (χ1v) is 8.85. The lowest BCUT2D eigenvalue weighted by molar-refractivity contribution is -0.0269. The highest BCUT2D eigenvalue weighted by Gasteiger charge is 2.27. The fourth-order valence-corrected chi connectivity index (χ4v) is 3.25. The summed E-state index contributed by atoms with van der Waals surface area (Å²) in [6.45, 7) is 3.33. The Labute approximate surface area is 148 Å². The second kappa shape index (κ2) is 8.62. The van der Waals surface area contributed by atoms with Crippen LogP contribution in [-0.4, -0.2) is 24.2 Å².